The topological polar surface area (TPSA) is 21.3 Å². The van der Waals surface area contributed by atoms with Crippen LogP contribution in [0.4, 0.5) is 0 Å². The number of ether oxygens (including phenoxy) is 1. The van der Waals surface area contributed by atoms with Gasteiger partial charge in [0.25, 0.3) is 0 Å². The lowest BCUT2D eigenvalue weighted by molar-refractivity contribution is 0.414. The van der Waals surface area contributed by atoms with Gasteiger partial charge in [0.05, 0.1) is 13.2 Å². The first-order valence-corrected chi connectivity index (χ1v) is 7.24. The molecule has 2 aromatic carbocycles. The zero-order valence-electron chi connectivity index (χ0n) is 12.5. The van der Waals surface area contributed by atoms with Gasteiger partial charge in [0, 0.05) is 0 Å². The van der Waals surface area contributed by atoms with Gasteiger partial charge in [-0.15, -0.1) is 0 Å². The summed E-state index contributed by atoms with van der Waals surface area (Å²) in [5.41, 5.74) is 3.95. The van der Waals surface area contributed by atoms with Gasteiger partial charge in [-0.05, 0) is 41.8 Å². The quantitative estimate of drug-likeness (QED) is 0.857. The van der Waals surface area contributed by atoms with Gasteiger partial charge < -0.3 is 10.1 Å². The molecular weight excluding hydrogens is 246 g/mol. The second-order valence-electron chi connectivity index (χ2n) is 4.86. The third-order valence-electron chi connectivity index (χ3n) is 3.55. The molecule has 2 heteroatoms. The summed E-state index contributed by atoms with van der Waals surface area (Å²) in [6.45, 7) is 5.27. The normalized spacial score (nSPS) is 12.2. The number of methoxy groups -OCH3 is 1. The molecule has 0 amide bonds. The Balaban J connectivity index is 2.33. The molecule has 1 N–H and O–H groups in total. The van der Waals surface area contributed by atoms with E-state index in [2.05, 4.69) is 55.6 Å². The maximum absolute atomic E-state index is 5.23. The van der Waals surface area contributed by atoms with Crippen LogP contribution in [0.25, 0.3) is 0 Å². The number of hydrogen-bond donors (Lipinski definition) is 1. The lowest BCUT2D eigenvalue weighted by Crippen LogP contribution is -2.22. The van der Waals surface area contributed by atoms with Crippen LogP contribution < -0.4 is 10.1 Å². The molecule has 20 heavy (non-hydrogen) atoms. The van der Waals surface area contributed by atoms with E-state index in [1.807, 2.05) is 12.1 Å². The van der Waals surface area contributed by atoms with Crippen LogP contribution in [0.15, 0.2) is 48.5 Å². The highest BCUT2D eigenvalue weighted by atomic mass is 16.5. The van der Waals surface area contributed by atoms with Crippen molar-refractivity contribution in [2.45, 2.75) is 26.3 Å². The number of nitrogens with one attached hydrogen (secondary N) is 1. The van der Waals surface area contributed by atoms with Crippen LogP contribution in [0.1, 0.15) is 36.6 Å². The third kappa shape index (κ3) is 3.40. The fraction of sp³-hybridized carbons (Fsp3) is 0.333. The van der Waals surface area contributed by atoms with Crippen LogP contribution in [-0.4, -0.2) is 13.7 Å². The molecule has 2 rings (SSSR count). The smallest absolute Gasteiger partial charge is 0.118 e. The summed E-state index contributed by atoms with van der Waals surface area (Å²) >= 11 is 0. The molecule has 0 spiro atoms. The second-order valence-corrected chi connectivity index (χ2v) is 4.86. The molecule has 0 heterocycles. The SMILES string of the molecule is CCNC(c1ccc(OC)cc1)c1cccc(CC)c1. The molecule has 0 aromatic heterocycles. The van der Waals surface area contributed by atoms with Crippen molar-refractivity contribution in [2.75, 3.05) is 13.7 Å². The van der Waals surface area contributed by atoms with Crippen molar-refractivity contribution in [1.29, 1.82) is 0 Å². The van der Waals surface area contributed by atoms with E-state index in [-0.39, 0.29) is 6.04 Å². The zero-order valence-corrected chi connectivity index (χ0v) is 12.5. The van der Waals surface area contributed by atoms with Crippen LogP contribution in [0, 0.1) is 0 Å². The summed E-state index contributed by atoms with van der Waals surface area (Å²) in [5, 5.41) is 3.56. The zero-order chi connectivity index (χ0) is 14.4. The van der Waals surface area contributed by atoms with Crippen LogP contribution in [-0.2, 0) is 6.42 Å². The molecule has 1 atom stereocenters. The van der Waals surface area contributed by atoms with E-state index in [0.29, 0.717) is 0 Å². The van der Waals surface area contributed by atoms with Gasteiger partial charge >= 0.3 is 0 Å². The standard InChI is InChI=1S/C18H23NO/c1-4-14-7-6-8-16(13-14)18(19-5-2)15-9-11-17(20-3)12-10-15/h6-13,18-19H,4-5H2,1-3H3. The van der Waals surface area contributed by atoms with Gasteiger partial charge in [-0.1, -0.05) is 50.2 Å². The van der Waals surface area contributed by atoms with Crippen LogP contribution >= 0.6 is 0 Å². The van der Waals surface area contributed by atoms with E-state index in [4.69, 9.17) is 4.74 Å². The summed E-state index contributed by atoms with van der Waals surface area (Å²) in [6.07, 6.45) is 1.06. The largest absolute Gasteiger partial charge is 0.497 e. The Morgan fingerprint density at radius 3 is 2.35 bits per heavy atom. The van der Waals surface area contributed by atoms with Crippen LogP contribution in [0.3, 0.4) is 0 Å². The number of hydrogen-bond acceptors (Lipinski definition) is 2. The maximum Gasteiger partial charge on any atom is 0.118 e. The maximum atomic E-state index is 5.23. The molecule has 2 nitrogen and oxygen atoms in total. The Hall–Kier alpha value is -1.80. The molecule has 1 unspecified atom stereocenters. The molecule has 0 aliphatic heterocycles. The Bertz CT molecular complexity index is 533. The Labute approximate surface area is 121 Å². The summed E-state index contributed by atoms with van der Waals surface area (Å²) in [5.74, 6) is 0.895. The van der Waals surface area contributed by atoms with E-state index in [1.165, 1.54) is 16.7 Å². The first kappa shape index (κ1) is 14.6. The van der Waals surface area contributed by atoms with Crippen molar-refractivity contribution in [2.24, 2.45) is 0 Å². The highest BCUT2D eigenvalue weighted by Crippen LogP contribution is 2.25. The predicted octanol–water partition coefficient (Wildman–Crippen LogP) is 3.96. The molecule has 0 bridgehead atoms. The molecule has 0 saturated heterocycles. The summed E-state index contributed by atoms with van der Waals surface area (Å²) in [4.78, 5) is 0. The predicted molar refractivity (Wildman–Crippen MR) is 84.3 cm³/mol. The van der Waals surface area contributed by atoms with Gasteiger partial charge in [-0.3, -0.25) is 0 Å². The highest BCUT2D eigenvalue weighted by molar-refractivity contribution is 5.37. The van der Waals surface area contributed by atoms with Gasteiger partial charge in [-0.25, -0.2) is 0 Å². The molecular formula is C18H23NO. The minimum atomic E-state index is 0.234. The minimum Gasteiger partial charge on any atom is -0.497 e. The van der Waals surface area contributed by atoms with Crippen molar-refractivity contribution < 1.29 is 4.74 Å². The van der Waals surface area contributed by atoms with Crippen molar-refractivity contribution in [1.82, 2.24) is 5.32 Å². The second kappa shape index (κ2) is 7.11. The average Bonchev–Trinajstić information content (AvgIpc) is 2.53. The summed E-state index contributed by atoms with van der Waals surface area (Å²) < 4.78 is 5.23. The fourth-order valence-electron chi connectivity index (χ4n) is 2.42. The average molecular weight is 269 g/mol. The van der Waals surface area contributed by atoms with E-state index >= 15 is 0 Å². The van der Waals surface area contributed by atoms with E-state index in [1.54, 1.807) is 7.11 Å². The molecule has 0 fully saturated rings. The Morgan fingerprint density at radius 2 is 1.75 bits per heavy atom. The van der Waals surface area contributed by atoms with E-state index < -0.39 is 0 Å². The van der Waals surface area contributed by atoms with Crippen molar-refractivity contribution in [3.63, 3.8) is 0 Å². The Kier molecular flexibility index (Phi) is 5.19. The van der Waals surface area contributed by atoms with Crippen molar-refractivity contribution >= 4 is 0 Å². The van der Waals surface area contributed by atoms with Crippen molar-refractivity contribution in [3.05, 3.63) is 65.2 Å². The molecule has 0 aliphatic carbocycles. The van der Waals surface area contributed by atoms with Gasteiger partial charge in [0.1, 0.15) is 5.75 Å². The van der Waals surface area contributed by atoms with E-state index in [0.717, 1.165) is 18.7 Å². The fourth-order valence-corrected chi connectivity index (χ4v) is 2.42. The monoisotopic (exact) mass is 269 g/mol. The van der Waals surface area contributed by atoms with E-state index in [9.17, 15) is 0 Å². The lowest BCUT2D eigenvalue weighted by atomic mass is 9.96. The Morgan fingerprint density at radius 1 is 1.00 bits per heavy atom. The summed E-state index contributed by atoms with van der Waals surface area (Å²) in [6, 6.07) is 17.3. The van der Waals surface area contributed by atoms with Gasteiger partial charge in [-0.2, -0.15) is 0 Å². The first-order valence-electron chi connectivity index (χ1n) is 7.24. The molecule has 0 radical (unpaired) electrons. The lowest BCUT2D eigenvalue weighted by Gasteiger charge is -2.20. The number of rotatable bonds is 6. The van der Waals surface area contributed by atoms with Crippen molar-refractivity contribution in [3.8, 4) is 5.75 Å². The minimum absolute atomic E-state index is 0.234. The van der Waals surface area contributed by atoms with Gasteiger partial charge in [0.15, 0.2) is 0 Å². The van der Waals surface area contributed by atoms with Gasteiger partial charge in [0.2, 0.25) is 0 Å². The molecule has 106 valence electrons. The van der Waals surface area contributed by atoms with Crippen LogP contribution in [0.2, 0.25) is 0 Å². The first-order chi connectivity index (χ1) is 9.78. The highest BCUT2D eigenvalue weighted by Gasteiger charge is 2.13. The number of benzene rings is 2. The molecule has 0 saturated carbocycles. The molecule has 0 aliphatic rings. The third-order valence-corrected chi connectivity index (χ3v) is 3.55. The molecule has 2 aromatic rings. The number of aryl methyl sites for hydroxylation is 1. The summed E-state index contributed by atoms with van der Waals surface area (Å²) in [7, 11) is 1.70. The van der Waals surface area contributed by atoms with Crippen LogP contribution in [0.5, 0.6) is 5.75 Å².